The predicted molar refractivity (Wildman–Crippen MR) is 216 cm³/mol. The zero-order valence-electron chi connectivity index (χ0n) is 33.9. The summed E-state index contributed by atoms with van der Waals surface area (Å²) in [4.78, 5) is 0. The molecule has 0 aliphatic rings. The lowest BCUT2D eigenvalue weighted by molar-refractivity contribution is 0.0426. The molecule has 0 saturated carbocycles. The molecule has 0 heterocycles. The maximum atomic E-state index is 9.21. The van der Waals surface area contributed by atoms with E-state index in [0.29, 0.717) is 65.7 Å². The third-order valence-electron chi connectivity index (χ3n) is 7.58. The van der Waals surface area contributed by atoms with E-state index in [1.54, 1.807) is 0 Å². The van der Waals surface area contributed by atoms with E-state index >= 15 is 0 Å². The molecule has 18 heteroatoms. The van der Waals surface area contributed by atoms with Crippen LogP contribution in [0.3, 0.4) is 0 Å². The Hall–Kier alpha value is 0.821. The average Bonchev–Trinajstić information content (AvgIpc) is 2.95. The van der Waals surface area contributed by atoms with Crippen molar-refractivity contribution in [3.63, 3.8) is 0 Å². The Morgan fingerprint density at radius 1 is 0.320 bits per heavy atom. The van der Waals surface area contributed by atoms with Crippen molar-refractivity contribution in [2.24, 2.45) is 0 Å². The lowest BCUT2D eigenvalue weighted by atomic mass is 10.3. The van der Waals surface area contributed by atoms with Crippen LogP contribution in [0.1, 0.15) is 44.9 Å². The van der Waals surface area contributed by atoms with E-state index in [0.717, 1.165) is 50.2 Å². The number of unbranched alkanes of at least 4 members (excludes halogenated alkanes) is 2. The summed E-state index contributed by atoms with van der Waals surface area (Å²) >= 11 is 0. The lowest BCUT2D eigenvalue weighted by Gasteiger charge is -2.45. The highest BCUT2D eigenvalue weighted by Crippen LogP contribution is 2.32. The van der Waals surface area contributed by atoms with E-state index < -0.39 is 50.9 Å². The maximum Gasteiger partial charge on any atom is 0.469 e. The van der Waals surface area contributed by atoms with Gasteiger partial charge in [-0.25, -0.2) is 0 Å². The van der Waals surface area contributed by atoms with E-state index in [4.69, 9.17) is 49.7 Å². The highest BCUT2D eigenvalue weighted by molar-refractivity contribution is 6.92. The second-order valence-electron chi connectivity index (χ2n) is 15.8. The molecule has 12 nitrogen and oxygen atoms in total. The number of aliphatic hydroxyl groups excluding tert-OH is 3. The Morgan fingerprint density at radius 2 is 0.640 bits per heavy atom. The molecule has 0 spiro atoms. The summed E-state index contributed by atoms with van der Waals surface area (Å²) in [5.41, 5.74) is 0. The van der Waals surface area contributed by atoms with Gasteiger partial charge in [0.2, 0.25) is 0 Å². The molecule has 0 saturated heterocycles. The van der Waals surface area contributed by atoms with Crippen molar-refractivity contribution >= 4 is 50.9 Å². The van der Waals surface area contributed by atoms with Crippen molar-refractivity contribution in [2.45, 2.75) is 135 Å². The second-order valence-corrected chi connectivity index (χ2v) is 39.3. The normalized spacial score (nSPS) is 14.8. The molecule has 0 rings (SSSR count). The van der Waals surface area contributed by atoms with Crippen LogP contribution in [0, 0.1) is 0 Å². The lowest BCUT2D eigenvalue weighted by Crippen LogP contribution is -2.63. The number of hydrogen-bond acceptors (Lipinski definition) is 12. The van der Waals surface area contributed by atoms with Gasteiger partial charge in [-0.15, -0.1) is 0 Å². The molecule has 1 unspecified atom stereocenters. The van der Waals surface area contributed by atoms with Gasteiger partial charge in [0.05, 0.1) is 26.4 Å². The van der Waals surface area contributed by atoms with Crippen molar-refractivity contribution in [1.29, 1.82) is 0 Å². The molecule has 0 fully saturated rings. The van der Waals surface area contributed by atoms with Crippen LogP contribution in [0.5, 0.6) is 0 Å². The Kier molecular flexibility index (Phi) is 27.0. The summed E-state index contributed by atoms with van der Waals surface area (Å²) in [6.45, 7) is 29.0. The number of ether oxygens (including phenoxy) is 4. The van der Waals surface area contributed by atoms with Gasteiger partial charge in [0, 0.05) is 52.8 Å². The van der Waals surface area contributed by atoms with E-state index in [9.17, 15) is 5.11 Å². The summed E-state index contributed by atoms with van der Waals surface area (Å²) in [6, 6.07) is 2.87. The second kappa shape index (κ2) is 26.6. The van der Waals surface area contributed by atoms with Gasteiger partial charge >= 0.3 is 25.9 Å². The first-order valence-electron chi connectivity index (χ1n) is 18.9. The number of hydrogen-bond donors (Lipinski definition) is 3. The van der Waals surface area contributed by atoms with Crippen molar-refractivity contribution in [3.05, 3.63) is 0 Å². The first kappa shape index (κ1) is 50.8. The molecule has 0 aliphatic carbocycles. The van der Waals surface area contributed by atoms with Crippen molar-refractivity contribution in [2.75, 3.05) is 72.7 Å². The minimum absolute atomic E-state index is 0.138. The molecule has 0 aliphatic heterocycles. The molecular formula is C32H78O12Si6. The van der Waals surface area contributed by atoms with Gasteiger partial charge in [0.1, 0.15) is 0 Å². The van der Waals surface area contributed by atoms with Gasteiger partial charge in [0.25, 0.3) is 0 Å². The van der Waals surface area contributed by atoms with E-state index in [1.807, 2.05) is 6.55 Å². The highest BCUT2D eigenvalue weighted by Gasteiger charge is 2.52. The molecule has 3 N–H and O–H groups in total. The molecule has 1 atom stereocenters. The zero-order chi connectivity index (χ0) is 38.2. The molecular weight excluding hydrogens is 745 g/mol. The van der Waals surface area contributed by atoms with Gasteiger partial charge in [-0.1, -0.05) is 12.8 Å². The van der Waals surface area contributed by atoms with Crippen LogP contribution in [-0.2, 0) is 39.5 Å². The summed E-state index contributed by atoms with van der Waals surface area (Å²) in [5, 5.41) is 27.0. The fourth-order valence-corrected chi connectivity index (χ4v) is 34.8. The van der Waals surface area contributed by atoms with Crippen LogP contribution >= 0.6 is 0 Å². The Bertz CT molecular complexity index is 842. The molecule has 0 bridgehead atoms. The Labute approximate surface area is 312 Å². The summed E-state index contributed by atoms with van der Waals surface area (Å²) in [7, 11) is -15.0. The quantitative estimate of drug-likeness (QED) is 0.0479. The molecule has 0 radical (unpaired) electrons. The Balaban J connectivity index is 5.50. The highest BCUT2D eigenvalue weighted by atomic mass is 28.5. The van der Waals surface area contributed by atoms with E-state index in [2.05, 4.69) is 65.5 Å². The van der Waals surface area contributed by atoms with Crippen LogP contribution < -0.4 is 0 Å². The molecule has 50 heavy (non-hydrogen) atoms. The van der Waals surface area contributed by atoms with Crippen molar-refractivity contribution < 1.29 is 54.8 Å². The first-order valence-corrected chi connectivity index (χ1v) is 36.1. The molecule has 0 aromatic rings. The summed E-state index contributed by atoms with van der Waals surface area (Å²) in [5.74, 6) is 0. The Morgan fingerprint density at radius 3 is 1.00 bits per heavy atom. The maximum absolute atomic E-state index is 9.21. The third-order valence-corrected chi connectivity index (χ3v) is 31.2. The van der Waals surface area contributed by atoms with Gasteiger partial charge in [-0.3, -0.25) is 0 Å². The monoisotopic (exact) mass is 822 g/mol. The average molecular weight is 823 g/mol. The topological polar surface area (TPSA) is 144 Å². The van der Waals surface area contributed by atoms with Gasteiger partial charge in [-0.2, -0.15) is 0 Å². The van der Waals surface area contributed by atoms with Crippen LogP contribution in [0.15, 0.2) is 0 Å². The smallest absolute Gasteiger partial charge is 0.436 e. The van der Waals surface area contributed by atoms with Gasteiger partial charge in [-0.05, 0) is 116 Å². The minimum Gasteiger partial charge on any atom is -0.436 e. The number of rotatable bonds is 35. The standard InChI is InChI=1S/C32H78O12Si6/c1-45(2,30-14-12-13-19-33)40-48(7,8)43-50(11,42-47(5,6)32-18-25-39-29-27-37-23-16-21-35)44-49(9,10)41-46(3,4)31-17-24-38-28-26-36-22-15-20-34/h33-35H,12-32H2,1-11H3. The summed E-state index contributed by atoms with van der Waals surface area (Å²) in [6.07, 6.45) is 5.94. The van der Waals surface area contributed by atoms with Crippen LogP contribution in [0.2, 0.25) is 90.1 Å². The third kappa shape index (κ3) is 29.2. The predicted octanol–water partition coefficient (Wildman–Crippen LogP) is 6.43. The van der Waals surface area contributed by atoms with Gasteiger partial charge in [0.15, 0.2) is 25.0 Å². The molecule has 0 aromatic heterocycles. The molecule has 302 valence electrons. The largest absolute Gasteiger partial charge is 0.469 e. The summed E-state index contributed by atoms with van der Waals surface area (Å²) < 4.78 is 57.4. The van der Waals surface area contributed by atoms with Crippen LogP contribution in [-0.4, -0.2) is 139 Å². The molecule has 0 amide bonds. The van der Waals surface area contributed by atoms with Crippen molar-refractivity contribution in [1.82, 2.24) is 0 Å². The first-order chi connectivity index (χ1) is 23.2. The SMILES string of the molecule is C[Si](C)(CCCCCO)O[Si](C)(C)O[Si](C)(O[Si](C)(C)CCCOCCOCCCO)O[Si](C)(C)O[Si](C)(C)CCCOCCOCCCO. The zero-order valence-corrected chi connectivity index (χ0v) is 39.9. The molecule has 0 aromatic carbocycles. The fraction of sp³-hybridized carbons (Fsp3) is 1.00. The van der Waals surface area contributed by atoms with Crippen molar-refractivity contribution in [3.8, 4) is 0 Å². The van der Waals surface area contributed by atoms with Crippen LogP contribution in [0.25, 0.3) is 0 Å². The number of aliphatic hydroxyl groups is 3. The van der Waals surface area contributed by atoms with E-state index in [1.165, 1.54) is 0 Å². The van der Waals surface area contributed by atoms with Crippen LogP contribution in [0.4, 0.5) is 0 Å². The minimum atomic E-state index is -3.24. The van der Waals surface area contributed by atoms with E-state index in [-0.39, 0.29) is 19.8 Å². The fourth-order valence-electron chi connectivity index (χ4n) is 6.00. The van der Waals surface area contributed by atoms with Gasteiger partial charge < -0.3 is 54.8 Å².